The summed E-state index contributed by atoms with van der Waals surface area (Å²) in [6.45, 7) is 6.88. The summed E-state index contributed by atoms with van der Waals surface area (Å²) in [5.41, 5.74) is 1.08. The van der Waals surface area contributed by atoms with Gasteiger partial charge < -0.3 is 14.7 Å². The van der Waals surface area contributed by atoms with Crippen LogP contribution in [-0.2, 0) is 4.74 Å². The number of nitrogens with zero attached hydrogens (tertiary/aromatic N) is 1. The molecule has 0 aliphatic carbocycles. The Morgan fingerprint density at radius 2 is 2.00 bits per heavy atom. The van der Waals surface area contributed by atoms with Crippen LogP contribution < -0.4 is 4.90 Å². The zero-order chi connectivity index (χ0) is 13.7. The smallest absolute Gasteiger partial charge is 0.131 e. The molecule has 0 unspecified atom stereocenters. The third-order valence-electron chi connectivity index (χ3n) is 2.92. The van der Waals surface area contributed by atoms with Crippen LogP contribution in [-0.4, -0.2) is 31.4 Å². The molecule has 1 atom stereocenters. The van der Waals surface area contributed by atoms with Crippen LogP contribution in [0.15, 0.2) is 18.2 Å². The first-order valence-corrected chi connectivity index (χ1v) is 6.21. The topological polar surface area (TPSA) is 32.7 Å². The summed E-state index contributed by atoms with van der Waals surface area (Å²) in [5.74, 6) is -0.370. The van der Waals surface area contributed by atoms with Gasteiger partial charge >= 0.3 is 0 Å². The number of methoxy groups -OCH3 is 1. The van der Waals surface area contributed by atoms with Crippen molar-refractivity contribution in [1.29, 1.82) is 0 Å². The van der Waals surface area contributed by atoms with Gasteiger partial charge in [0, 0.05) is 30.9 Å². The molecule has 0 heterocycles. The van der Waals surface area contributed by atoms with Gasteiger partial charge in [-0.1, -0.05) is 6.07 Å². The van der Waals surface area contributed by atoms with Gasteiger partial charge in [-0.05, 0) is 32.9 Å². The van der Waals surface area contributed by atoms with Gasteiger partial charge in [0.15, 0.2) is 0 Å². The molecule has 0 fully saturated rings. The van der Waals surface area contributed by atoms with Crippen molar-refractivity contribution in [2.75, 3.05) is 25.2 Å². The lowest BCUT2D eigenvalue weighted by atomic mass is 10.1. The predicted octanol–water partition coefficient (Wildman–Crippen LogP) is 2.74. The van der Waals surface area contributed by atoms with Crippen LogP contribution in [0.25, 0.3) is 0 Å². The summed E-state index contributed by atoms with van der Waals surface area (Å²) in [6, 6.07) is 5.08. The molecule has 1 aromatic carbocycles. The molecule has 0 saturated carbocycles. The van der Waals surface area contributed by atoms with E-state index in [1.54, 1.807) is 20.1 Å². The second kappa shape index (κ2) is 6.71. The zero-order valence-corrected chi connectivity index (χ0v) is 11.5. The molecule has 18 heavy (non-hydrogen) atoms. The van der Waals surface area contributed by atoms with Crippen molar-refractivity contribution in [1.82, 2.24) is 0 Å². The van der Waals surface area contributed by atoms with Crippen molar-refractivity contribution in [2.24, 2.45) is 0 Å². The Bertz CT molecular complexity index is 380. The van der Waals surface area contributed by atoms with Crippen LogP contribution in [0, 0.1) is 5.82 Å². The second-order valence-corrected chi connectivity index (χ2v) is 4.63. The van der Waals surface area contributed by atoms with E-state index in [1.807, 2.05) is 24.8 Å². The number of hydrogen-bond donors (Lipinski definition) is 1. The molecule has 0 radical (unpaired) electrons. The molecule has 1 N–H and O–H groups in total. The highest BCUT2D eigenvalue weighted by molar-refractivity contribution is 5.55. The number of aliphatic hydroxyl groups excluding tert-OH is 1. The number of benzene rings is 1. The minimum atomic E-state index is -0.829. The standard InChI is InChI=1S/C14H22FNO2/c1-10(2)16(8-9-18-4)13-7-5-6-12(15)14(13)11(3)17/h5-7,10-11,17H,8-9H2,1-4H3/t11-/m1/s1. The number of hydrogen-bond acceptors (Lipinski definition) is 3. The molecule has 102 valence electrons. The lowest BCUT2D eigenvalue weighted by Gasteiger charge is -2.31. The van der Waals surface area contributed by atoms with E-state index in [4.69, 9.17) is 4.74 Å². The lowest BCUT2D eigenvalue weighted by Crippen LogP contribution is -2.35. The Morgan fingerprint density at radius 3 is 2.50 bits per heavy atom. The van der Waals surface area contributed by atoms with Crippen LogP contribution in [0.3, 0.4) is 0 Å². The van der Waals surface area contributed by atoms with E-state index < -0.39 is 6.10 Å². The van der Waals surface area contributed by atoms with Crippen molar-refractivity contribution in [2.45, 2.75) is 32.9 Å². The number of rotatable bonds is 6. The van der Waals surface area contributed by atoms with E-state index in [0.717, 1.165) is 5.69 Å². The van der Waals surface area contributed by atoms with Crippen LogP contribution in [0.2, 0.25) is 0 Å². The van der Waals surface area contributed by atoms with Gasteiger partial charge in [0.25, 0.3) is 0 Å². The van der Waals surface area contributed by atoms with Gasteiger partial charge in [-0.15, -0.1) is 0 Å². The lowest BCUT2D eigenvalue weighted by molar-refractivity contribution is 0.192. The first-order valence-electron chi connectivity index (χ1n) is 6.21. The fourth-order valence-corrected chi connectivity index (χ4v) is 2.04. The fraction of sp³-hybridized carbons (Fsp3) is 0.571. The molecule has 1 aromatic rings. The first kappa shape index (κ1) is 14.9. The Balaban J connectivity index is 3.14. The number of aliphatic hydroxyl groups is 1. The molecule has 0 saturated heterocycles. The van der Waals surface area contributed by atoms with Gasteiger partial charge in [0.05, 0.1) is 12.7 Å². The summed E-state index contributed by atoms with van der Waals surface area (Å²) in [5, 5.41) is 9.74. The van der Waals surface area contributed by atoms with Crippen molar-refractivity contribution in [3.63, 3.8) is 0 Å². The Kier molecular flexibility index (Phi) is 5.56. The average Bonchev–Trinajstić information content (AvgIpc) is 2.28. The highest BCUT2D eigenvalue weighted by Gasteiger charge is 2.19. The summed E-state index contributed by atoms with van der Waals surface area (Å²) < 4.78 is 18.9. The number of halogens is 1. The van der Waals surface area contributed by atoms with E-state index in [0.29, 0.717) is 18.7 Å². The maximum absolute atomic E-state index is 13.8. The minimum absolute atomic E-state index is 0.208. The molecule has 0 aromatic heterocycles. The van der Waals surface area contributed by atoms with Crippen molar-refractivity contribution in [3.05, 3.63) is 29.6 Å². The van der Waals surface area contributed by atoms with Gasteiger partial charge in [-0.25, -0.2) is 4.39 Å². The summed E-state index contributed by atoms with van der Waals surface area (Å²) in [6.07, 6.45) is -0.829. The Labute approximate surface area is 108 Å². The maximum Gasteiger partial charge on any atom is 0.131 e. The Hall–Kier alpha value is -1.13. The molecule has 0 spiro atoms. The minimum Gasteiger partial charge on any atom is -0.389 e. The summed E-state index contributed by atoms with van der Waals surface area (Å²) in [7, 11) is 1.64. The zero-order valence-electron chi connectivity index (χ0n) is 11.5. The van der Waals surface area contributed by atoms with E-state index in [2.05, 4.69) is 0 Å². The fourth-order valence-electron chi connectivity index (χ4n) is 2.04. The maximum atomic E-state index is 13.8. The van der Waals surface area contributed by atoms with Crippen molar-refractivity contribution >= 4 is 5.69 Å². The van der Waals surface area contributed by atoms with E-state index >= 15 is 0 Å². The predicted molar refractivity (Wildman–Crippen MR) is 71.4 cm³/mol. The largest absolute Gasteiger partial charge is 0.389 e. The molecule has 4 heteroatoms. The molecule has 3 nitrogen and oxygen atoms in total. The summed E-state index contributed by atoms with van der Waals surface area (Å²) in [4.78, 5) is 2.04. The average molecular weight is 255 g/mol. The Morgan fingerprint density at radius 1 is 1.33 bits per heavy atom. The van der Waals surface area contributed by atoms with Crippen LogP contribution in [0.4, 0.5) is 10.1 Å². The summed E-state index contributed by atoms with van der Waals surface area (Å²) >= 11 is 0. The molecular weight excluding hydrogens is 233 g/mol. The molecule has 0 aliphatic heterocycles. The van der Waals surface area contributed by atoms with Gasteiger partial charge in [0.1, 0.15) is 5.82 Å². The first-order chi connectivity index (χ1) is 8.49. The van der Waals surface area contributed by atoms with E-state index in [9.17, 15) is 9.50 Å². The third-order valence-corrected chi connectivity index (χ3v) is 2.92. The van der Waals surface area contributed by atoms with Crippen LogP contribution in [0.5, 0.6) is 0 Å². The number of anilines is 1. The molecule has 0 amide bonds. The SMILES string of the molecule is COCCN(c1cccc(F)c1[C@@H](C)O)C(C)C. The van der Waals surface area contributed by atoms with Crippen molar-refractivity contribution < 1.29 is 14.2 Å². The molecular formula is C14H22FNO2. The van der Waals surface area contributed by atoms with Crippen molar-refractivity contribution in [3.8, 4) is 0 Å². The monoisotopic (exact) mass is 255 g/mol. The van der Waals surface area contributed by atoms with Crippen LogP contribution >= 0.6 is 0 Å². The molecule has 1 rings (SSSR count). The number of ether oxygens (including phenoxy) is 1. The van der Waals surface area contributed by atoms with Crippen LogP contribution in [0.1, 0.15) is 32.4 Å². The van der Waals surface area contributed by atoms with E-state index in [-0.39, 0.29) is 11.9 Å². The molecule has 0 bridgehead atoms. The highest BCUT2D eigenvalue weighted by atomic mass is 19.1. The second-order valence-electron chi connectivity index (χ2n) is 4.63. The van der Waals surface area contributed by atoms with Gasteiger partial charge in [-0.3, -0.25) is 0 Å². The van der Waals surface area contributed by atoms with E-state index in [1.165, 1.54) is 6.07 Å². The highest BCUT2D eigenvalue weighted by Crippen LogP contribution is 2.30. The third kappa shape index (κ3) is 3.43. The quantitative estimate of drug-likeness (QED) is 0.848. The normalized spacial score (nSPS) is 12.8. The molecule has 0 aliphatic rings. The van der Waals surface area contributed by atoms with Gasteiger partial charge in [0.2, 0.25) is 0 Å². The van der Waals surface area contributed by atoms with Gasteiger partial charge in [-0.2, -0.15) is 0 Å².